The zero-order valence-electron chi connectivity index (χ0n) is 21.3. The molecule has 0 aliphatic carbocycles. The maximum Gasteiger partial charge on any atom is 0.225 e. The molecule has 0 radical (unpaired) electrons. The molecule has 35 heavy (non-hydrogen) atoms. The van der Waals surface area contributed by atoms with E-state index < -0.39 is 6.10 Å². The van der Waals surface area contributed by atoms with Gasteiger partial charge in [-0.25, -0.2) is 9.50 Å². The van der Waals surface area contributed by atoms with Crippen molar-refractivity contribution < 1.29 is 9.90 Å². The number of H-pyrrole nitrogens is 1. The van der Waals surface area contributed by atoms with Crippen molar-refractivity contribution in [2.24, 2.45) is 0 Å². The lowest BCUT2D eigenvalue weighted by atomic mass is 9.87. The summed E-state index contributed by atoms with van der Waals surface area (Å²) in [5, 5.41) is 15.4. The van der Waals surface area contributed by atoms with E-state index >= 15 is 0 Å². The second-order valence-electron chi connectivity index (χ2n) is 10.4. The number of aliphatic hydroxyl groups excluding tert-OH is 1. The van der Waals surface area contributed by atoms with Crippen LogP contribution in [0.25, 0.3) is 27.8 Å². The minimum atomic E-state index is -0.587. The molecule has 1 saturated heterocycles. The van der Waals surface area contributed by atoms with Crippen molar-refractivity contribution in [2.75, 3.05) is 13.1 Å². The van der Waals surface area contributed by atoms with Crippen LogP contribution in [0.3, 0.4) is 0 Å². The Balaban J connectivity index is 1.50. The van der Waals surface area contributed by atoms with E-state index in [0.29, 0.717) is 11.8 Å². The first-order chi connectivity index (χ1) is 16.7. The van der Waals surface area contributed by atoms with Crippen LogP contribution in [0, 0.1) is 13.8 Å². The zero-order chi connectivity index (χ0) is 24.9. The third-order valence-electron chi connectivity index (χ3n) is 7.28. The molecule has 5 rings (SSSR count). The van der Waals surface area contributed by atoms with E-state index in [9.17, 15) is 9.90 Å². The molecule has 1 atom stereocenters. The molecule has 2 N–H and O–H groups in total. The van der Waals surface area contributed by atoms with Crippen molar-refractivity contribution in [3.63, 3.8) is 0 Å². The normalized spacial score (nSPS) is 16.0. The SMILES string of the molecule is Cc1nc2c(-c3[nH]c4ccc(C5CCN(C(=O)CC(C)O)CC5)cc4c3C(C)C)ccc(C)n2n1. The van der Waals surface area contributed by atoms with Crippen LogP contribution < -0.4 is 0 Å². The number of fused-ring (bicyclic) bond motifs is 2. The van der Waals surface area contributed by atoms with Gasteiger partial charge in [-0.1, -0.05) is 19.9 Å². The predicted octanol–water partition coefficient (Wildman–Crippen LogP) is 5.09. The zero-order valence-corrected chi connectivity index (χ0v) is 21.3. The molecule has 1 aliphatic heterocycles. The van der Waals surface area contributed by atoms with E-state index in [4.69, 9.17) is 4.98 Å². The fourth-order valence-corrected chi connectivity index (χ4v) is 5.52. The molecule has 0 spiro atoms. The van der Waals surface area contributed by atoms with Crippen LogP contribution in [-0.4, -0.2) is 54.7 Å². The van der Waals surface area contributed by atoms with Crippen LogP contribution in [0.5, 0.6) is 0 Å². The summed E-state index contributed by atoms with van der Waals surface area (Å²) in [7, 11) is 0. The molecule has 0 bridgehead atoms. The number of hydrogen-bond acceptors (Lipinski definition) is 4. The van der Waals surface area contributed by atoms with E-state index in [2.05, 4.69) is 61.2 Å². The maximum atomic E-state index is 12.3. The summed E-state index contributed by atoms with van der Waals surface area (Å²) in [6.45, 7) is 11.6. The molecule has 1 aliphatic rings. The summed E-state index contributed by atoms with van der Waals surface area (Å²) < 4.78 is 1.93. The number of aliphatic hydroxyl groups is 1. The van der Waals surface area contributed by atoms with Crippen LogP contribution in [0.4, 0.5) is 0 Å². The van der Waals surface area contributed by atoms with E-state index in [0.717, 1.165) is 59.9 Å². The smallest absolute Gasteiger partial charge is 0.225 e. The summed E-state index contributed by atoms with van der Waals surface area (Å²) >= 11 is 0. The molecule has 1 unspecified atom stereocenters. The van der Waals surface area contributed by atoms with Gasteiger partial charge in [0, 0.05) is 35.2 Å². The van der Waals surface area contributed by atoms with E-state index in [1.165, 1.54) is 16.5 Å². The summed E-state index contributed by atoms with van der Waals surface area (Å²) in [6, 6.07) is 11.0. The molecule has 184 valence electrons. The molecule has 7 nitrogen and oxygen atoms in total. The molecule has 3 aromatic heterocycles. The standard InChI is InChI=1S/C28H35N5O2/c1-16(2)26-23-15-21(20-10-12-32(13-11-20)25(35)14-18(4)34)7-9-24(23)30-27(26)22-8-6-17(3)33-28(22)29-19(5)31-33/h6-9,15-16,18,20,30,34H,10-14H2,1-5H3. The van der Waals surface area contributed by atoms with Crippen LogP contribution in [0.1, 0.15) is 74.5 Å². The van der Waals surface area contributed by atoms with Gasteiger partial charge in [-0.3, -0.25) is 4.79 Å². The molecule has 7 heteroatoms. The van der Waals surface area contributed by atoms with Crippen molar-refractivity contribution in [3.8, 4) is 11.3 Å². The minimum absolute atomic E-state index is 0.0550. The average molecular weight is 474 g/mol. The number of amides is 1. The highest BCUT2D eigenvalue weighted by Crippen LogP contribution is 2.39. The Morgan fingerprint density at radius 1 is 1.14 bits per heavy atom. The number of piperidine rings is 1. The van der Waals surface area contributed by atoms with Gasteiger partial charge >= 0.3 is 0 Å². The van der Waals surface area contributed by atoms with Crippen LogP contribution in [-0.2, 0) is 4.79 Å². The largest absolute Gasteiger partial charge is 0.393 e. The highest BCUT2D eigenvalue weighted by Gasteiger charge is 2.26. The number of likely N-dealkylation sites (tertiary alicyclic amines) is 1. The van der Waals surface area contributed by atoms with Crippen molar-refractivity contribution in [1.29, 1.82) is 0 Å². The Labute approximate surface area is 206 Å². The topological polar surface area (TPSA) is 86.5 Å². The molecule has 1 fully saturated rings. The molecule has 4 aromatic rings. The number of carbonyl (C=O) groups excluding carboxylic acids is 1. The van der Waals surface area contributed by atoms with Gasteiger partial charge in [-0.15, -0.1) is 0 Å². The van der Waals surface area contributed by atoms with Gasteiger partial charge in [0.15, 0.2) is 5.65 Å². The molecular weight excluding hydrogens is 438 g/mol. The number of carbonyl (C=O) groups is 1. The Bertz CT molecular complexity index is 1390. The van der Waals surface area contributed by atoms with Crippen LogP contribution in [0.2, 0.25) is 0 Å². The van der Waals surface area contributed by atoms with Crippen molar-refractivity contribution >= 4 is 22.5 Å². The number of nitrogens with zero attached hydrogens (tertiary/aromatic N) is 4. The first-order valence-electron chi connectivity index (χ1n) is 12.7. The summed E-state index contributed by atoms with van der Waals surface area (Å²) in [6.07, 6.45) is 1.51. The number of nitrogens with one attached hydrogen (secondary N) is 1. The average Bonchev–Trinajstić information content (AvgIpc) is 3.39. The Hall–Kier alpha value is -3.19. The van der Waals surface area contributed by atoms with E-state index in [1.807, 2.05) is 16.3 Å². The lowest BCUT2D eigenvalue weighted by Gasteiger charge is -2.32. The monoisotopic (exact) mass is 473 g/mol. The maximum absolute atomic E-state index is 12.3. The summed E-state index contributed by atoms with van der Waals surface area (Å²) in [5.41, 5.74) is 7.90. The van der Waals surface area contributed by atoms with Gasteiger partial charge in [0.05, 0.1) is 18.2 Å². The van der Waals surface area contributed by atoms with Crippen molar-refractivity contribution in [1.82, 2.24) is 24.5 Å². The number of rotatable bonds is 5. The van der Waals surface area contributed by atoms with E-state index in [1.54, 1.807) is 6.92 Å². The van der Waals surface area contributed by atoms with Crippen molar-refractivity contribution in [2.45, 2.75) is 71.8 Å². The fourth-order valence-electron chi connectivity index (χ4n) is 5.52. The molecular formula is C28H35N5O2. The van der Waals surface area contributed by atoms with E-state index in [-0.39, 0.29) is 12.3 Å². The number of aryl methyl sites for hydroxylation is 2. The van der Waals surface area contributed by atoms with Gasteiger partial charge in [0.2, 0.25) is 5.91 Å². The quantitative estimate of drug-likeness (QED) is 0.422. The minimum Gasteiger partial charge on any atom is -0.393 e. The Kier molecular flexibility index (Phi) is 6.13. The number of benzene rings is 1. The first kappa shape index (κ1) is 23.5. The lowest BCUT2D eigenvalue weighted by molar-refractivity contribution is -0.134. The fraction of sp³-hybridized carbons (Fsp3) is 0.464. The second kappa shape index (κ2) is 9.11. The van der Waals surface area contributed by atoms with Crippen molar-refractivity contribution in [3.05, 3.63) is 53.0 Å². The highest BCUT2D eigenvalue weighted by atomic mass is 16.3. The number of pyridine rings is 1. The highest BCUT2D eigenvalue weighted by molar-refractivity contribution is 5.94. The van der Waals surface area contributed by atoms with Crippen LogP contribution >= 0.6 is 0 Å². The predicted molar refractivity (Wildman–Crippen MR) is 139 cm³/mol. The summed E-state index contributed by atoms with van der Waals surface area (Å²) in [5.74, 6) is 1.58. The number of aromatic amines is 1. The number of hydrogen-bond donors (Lipinski definition) is 2. The molecule has 4 heterocycles. The third kappa shape index (κ3) is 4.33. The Morgan fingerprint density at radius 2 is 1.89 bits per heavy atom. The van der Waals surface area contributed by atoms with Gasteiger partial charge < -0.3 is 15.0 Å². The van der Waals surface area contributed by atoms with Gasteiger partial charge in [-0.2, -0.15) is 5.10 Å². The van der Waals surface area contributed by atoms with Gasteiger partial charge in [0.1, 0.15) is 5.82 Å². The van der Waals surface area contributed by atoms with Crippen LogP contribution in [0.15, 0.2) is 30.3 Å². The molecule has 0 saturated carbocycles. The Morgan fingerprint density at radius 3 is 2.57 bits per heavy atom. The second-order valence-corrected chi connectivity index (χ2v) is 10.4. The number of aromatic nitrogens is 4. The molecule has 1 aromatic carbocycles. The van der Waals surface area contributed by atoms with Gasteiger partial charge in [0.25, 0.3) is 0 Å². The lowest BCUT2D eigenvalue weighted by Crippen LogP contribution is -2.39. The molecule has 1 amide bonds. The third-order valence-corrected chi connectivity index (χ3v) is 7.28. The first-order valence-corrected chi connectivity index (χ1v) is 12.7. The summed E-state index contributed by atoms with van der Waals surface area (Å²) in [4.78, 5) is 22.7. The van der Waals surface area contributed by atoms with Gasteiger partial charge in [-0.05, 0) is 80.8 Å².